The molecule has 11 nitrogen and oxygen atoms in total. The molecule has 2 aromatic carbocycles. The Labute approximate surface area is 244 Å². The number of rotatable bonds is 10. The largest absolute Gasteiger partial charge is 0.495 e. The number of primary amides is 1. The van der Waals surface area contributed by atoms with Gasteiger partial charge < -0.3 is 26.4 Å². The van der Waals surface area contributed by atoms with E-state index in [-0.39, 0.29) is 24.0 Å². The van der Waals surface area contributed by atoms with E-state index in [0.29, 0.717) is 41.2 Å². The maximum atomic E-state index is 13.9. The molecule has 4 heterocycles. The van der Waals surface area contributed by atoms with Crippen LogP contribution in [-0.4, -0.2) is 90.4 Å². The number of methoxy groups -OCH3 is 1. The quantitative estimate of drug-likeness (QED) is 0.311. The first-order chi connectivity index (χ1) is 20.4. The van der Waals surface area contributed by atoms with E-state index in [1.54, 1.807) is 4.68 Å². The van der Waals surface area contributed by atoms with Gasteiger partial charge in [-0.15, -0.1) is 0 Å². The van der Waals surface area contributed by atoms with Crippen molar-refractivity contribution in [3.8, 4) is 17.0 Å². The molecule has 3 fully saturated rings. The van der Waals surface area contributed by atoms with E-state index >= 15 is 0 Å². The summed E-state index contributed by atoms with van der Waals surface area (Å²) in [5.74, 6) is -0.417. The van der Waals surface area contributed by atoms with E-state index in [4.69, 9.17) is 21.3 Å². The molecule has 0 saturated carbocycles. The Morgan fingerprint density at radius 3 is 2.40 bits per heavy atom. The second-order valence-corrected chi connectivity index (χ2v) is 11.4. The van der Waals surface area contributed by atoms with Crippen LogP contribution in [0.25, 0.3) is 11.3 Å². The summed E-state index contributed by atoms with van der Waals surface area (Å²) in [6, 6.07) is 12.7. The fourth-order valence-electron chi connectivity index (χ4n) is 6.25. The normalized spacial score (nSPS) is 18.8. The maximum Gasteiger partial charge on any atom is 0.254 e. The Bertz CT molecular complexity index is 1440. The van der Waals surface area contributed by atoms with Crippen LogP contribution < -0.4 is 26.4 Å². The lowest BCUT2D eigenvalue weighted by molar-refractivity contribution is -0.107. The van der Waals surface area contributed by atoms with E-state index in [2.05, 4.69) is 15.1 Å². The van der Waals surface area contributed by atoms with Crippen molar-refractivity contribution in [2.45, 2.75) is 37.5 Å². The number of nitrogen functional groups attached to an aromatic ring is 1. The summed E-state index contributed by atoms with van der Waals surface area (Å²) in [6.07, 6.45) is 2.43. The second kappa shape index (κ2) is 11.7. The Morgan fingerprint density at radius 2 is 1.81 bits per heavy atom. The minimum atomic E-state index is -0.624. The van der Waals surface area contributed by atoms with Crippen molar-refractivity contribution >= 4 is 23.8 Å². The molecule has 0 unspecified atom stereocenters. The van der Waals surface area contributed by atoms with E-state index < -0.39 is 11.7 Å². The van der Waals surface area contributed by atoms with Crippen molar-refractivity contribution in [1.82, 2.24) is 24.9 Å². The lowest BCUT2D eigenvalue weighted by Gasteiger charge is -2.52. The molecule has 5 N–H and O–H groups in total. The first kappa shape index (κ1) is 28.1. The van der Waals surface area contributed by atoms with Crippen LogP contribution in [0.3, 0.4) is 0 Å². The number of anilines is 2. The van der Waals surface area contributed by atoms with Crippen LogP contribution in [0.1, 0.15) is 34.8 Å². The molecule has 3 aliphatic rings. The van der Waals surface area contributed by atoms with Crippen LogP contribution in [-0.2, 0) is 11.3 Å². The molecular weight excluding hydrogens is 539 g/mol. The van der Waals surface area contributed by atoms with Gasteiger partial charge in [-0.2, -0.15) is 5.10 Å². The molecule has 2 amide bonds. The third-order valence-corrected chi connectivity index (χ3v) is 8.88. The van der Waals surface area contributed by atoms with Gasteiger partial charge in [-0.1, -0.05) is 24.3 Å². The topological polar surface area (TPSA) is 135 Å². The molecular formula is C30H37FN8O3. The zero-order valence-corrected chi connectivity index (χ0v) is 23.7. The lowest BCUT2D eigenvalue weighted by Crippen LogP contribution is -2.69. The van der Waals surface area contributed by atoms with Gasteiger partial charge in [0.15, 0.2) is 0 Å². The number of halogens is 1. The predicted octanol–water partition coefficient (Wildman–Crippen LogP) is 1.83. The fourth-order valence-corrected chi connectivity index (χ4v) is 6.25. The molecule has 6 rings (SSSR count). The molecule has 0 radical (unpaired) electrons. The number of benzene rings is 2. The highest BCUT2D eigenvalue weighted by Gasteiger charge is 2.39. The SMILES string of the molecule is COc1ccc(F)cc1N(C=O)Cc1ccc(-c2nn(C3CCN(C4CN(C5CNC5)C4)CC3)c(N)c2C(N)=O)cc1. The number of carbonyl (C=O) groups excluding carboxylic acids is 2. The van der Waals surface area contributed by atoms with Gasteiger partial charge >= 0.3 is 0 Å². The Balaban J connectivity index is 1.15. The number of nitrogens with zero attached hydrogens (tertiary/aromatic N) is 5. The Kier molecular flexibility index (Phi) is 7.84. The Hall–Kier alpha value is -4.00. The number of nitrogens with two attached hydrogens (primary N) is 2. The molecule has 0 bridgehead atoms. The molecule has 42 heavy (non-hydrogen) atoms. The van der Waals surface area contributed by atoms with Gasteiger partial charge in [0.1, 0.15) is 28.6 Å². The standard InChI is InChI=1S/C30H37FN8O3/c1-42-26-7-6-21(31)12-25(26)38(18-40)15-19-2-4-20(5-3-19)28-27(30(33)41)29(32)39(35-28)22-8-10-36(11-9-22)24-16-37(17-24)23-13-34-14-23/h2-7,12,18,22-24,34H,8-11,13-17,32H2,1H3,(H2,33,41). The summed E-state index contributed by atoms with van der Waals surface area (Å²) in [5, 5.41) is 8.15. The van der Waals surface area contributed by atoms with Crippen LogP contribution in [0.4, 0.5) is 15.9 Å². The van der Waals surface area contributed by atoms with E-state index in [1.807, 2.05) is 24.3 Å². The smallest absolute Gasteiger partial charge is 0.254 e. The third-order valence-electron chi connectivity index (χ3n) is 8.88. The molecule has 0 aliphatic carbocycles. The van der Waals surface area contributed by atoms with E-state index in [9.17, 15) is 14.0 Å². The number of likely N-dealkylation sites (tertiary alicyclic amines) is 2. The number of ether oxygens (including phenoxy) is 1. The highest BCUT2D eigenvalue weighted by atomic mass is 19.1. The zero-order chi connectivity index (χ0) is 29.4. The van der Waals surface area contributed by atoms with Crippen molar-refractivity contribution in [3.05, 3.63) is 59.4 Å². The van der Waals surface area contributed by atoms with Gasteiger partial charge in [0.25, 0.3) is 5.91 Å². The number of nitrogens with one attached hydrogen (secondary N) is 1. The highest BCUT2D eigenvalue weighted by molar-refractivity contribution is 6.03. The number of amides is 2. The summed E-state index contributed by atoms with van der Waals surface area (Å²) in [7, 11) is 1.47. The summed E-state index contributed by atoms with van der Waals surface area (Å²) in [6.45, 7) is 6.58. The molecule has 222 valence electrons. The average Bonchev–Trinajstić information content (AvgIpc) is 3.30. The first-order valence-corrected chi connectivity index (χ1v) is 14.4. The van der Waals surface area contributed by atoms with Crippen LogP contribution in [0.2, 0.25) is 0 Å². The Morgan fingerprint density at radius 1 is 1.10 bits per heavy atom. The summed E-state index contributed by atoms with van der Waals surface area (Å²) in [4.78, 5) is 30.9. The molecule has 0 spiro atoms. The summed E-state index contributed by atoms with van der Waals surface area (Å²) in [5.41, 5.74) is 14.7. The van der Waals surface area contributed by atoms with Crippen LogP contribution in [0.5, 0.6) is 5.75 Å². The van der Waals surface area contributed by atoms with Gasteiger partial charge in [0, 0.05) is 63.0 Å². The van der Waals surface area contributed by atoms with Crippen molar-refractivity contribution in [2.24, 2.45) is 5.73 Å². The molecule has 0 atom stereocenters. The molecule has 1 aromatic heterocycles. The van der Waals surface area contributed by atoms with Crippen LogP contribution in [0.15, 0.2) is 42.5 Å². The van der Waals surface area contributed by atoms with Crippen molar-refractivity contribution in [1.29, 1.82) is 0 Å². The molecule has 12 heteroatoms. The number of piperidine rings is 1. The molecule has 3 aromatic rings. The minimum absolute atomic E-state index is 0.0850. The van der Waals surface area contributed by atoms with Crippen molar-refractivity contribution < 1.29 is 18.7 Å². The summed E-state index contributed by atoms with van der Waals surface area (Å²) < 4.78 is 21.0. The predicted molar refractivity (Wildman–Crippen MR) is 158 cm³/mol. The average molecular weight is 577 g/mol. The van der Waals surface area contributed by atoms with E-state index in [1.165, 1.54) is 30.2 Å². The number of carbonyl (C=O) groups is 2. The third kappa shape index (κ3) is 5.33. The fraction of sp³-hybridized carbons (Fsp3) is 0.433. The van der Waals surface area contributed by atoms with Crippen LogP contribution in [0, 0.1) is 5.82 Å². The van der Waals surface area contributed by atoms with Gasteiger partial charge in [-0.05, 0) is 30.5 Å². The van der Waals surface area contributed by atoms with Gasteiger partial charge in [0.05, 0.1) is 25.4 Å². The number of aromatic nitrogens is 2. The van der Waals surface area contributed by atoms with Gasteiger partial charge in [-0.25, -0.2) is 9.07 Å². The minimum Gasteiger partial charge on any atom is -0.495 e. The highest BCUT2D eigenvalue weighted by Crippen LogP contribution is 2.34. The molecule has 3 saturated heterocycles. The monoisotopic (exact) mass is 576 g/mol. The lowest BCUT2D eigenvalue weighted by atomic mass is 9.97. The van der Waals surface area contributed by atoms with Gasteiger partial charge in [-0.3, -0.25) is 19.4 Å². The van der Waals surface area contributed by atoms with Crippen molar-refractivity contribution in [3.63, 3.8) is 0 Å². The number of hydrogen-bond donors (Lipinski definition) is 3. The van der Waals surface area contributed by atoms with Gasteiger partial charge in [0.2, 0.25) is 6.41 Å². The zero-order valence-electron chi connectivity index (χ0n) is 23.7. The van der Waals surface area contributed by atoms with Crippen LogP contribution >= 0.6 is 0 Å². The number of hydrogen-bond acceptors (Lipinski definition) is 8. The van der Waals surface area contributed by atoms with Crippen molar-refractivity contribution in [2.75, 3.05) is 57.0 Å². The van der Waals surface area contributed by atoms with E-state index in [0.717, 1.165) is 57.7 Å². The first-order valence-electron chi connectivity index (χ1n) is 14.4. The maximum absolute atomic E-state index is 13.9. The second-order valence-electron chi connectivity index (χ2n) is 11.4. The summed E-state index contributed by atoms with van der Waals surface area (Å²) >= 11 is 0. The molecule has 3 aliphatic heterocycles.